The van der Waals surface area contributed by atoms with Crippen molar-refractivity contribution in [2.45, 2.75) is 45.4 Å². The van der Waals surface area contributed by atoms with Crippen LogP contribution in [0.1, 0.15) is 51.3 Å². The van der Waals surface area contributed by atoms with E-state index in [0.29, 0.717) is 0 Å². The summed E-state index contributed by atoms with van der Waals surface area (Å²) in [6.45, 7) is 11.6. The SMILES string of the molecule is CC(C)(C)c1ccc(-c2ccc3c(c2)C(C)(C)c2cc(-c4c5ccccc5c(-c5ccccc5-c5ccc6ccccc6c5)c5ccccc45)ccc2-3)cc1. The highest BCUT2D eigenvalue weighted by atomic mass is 14.4. The van der Waals surface area contributed by atoms with Crippen LogP contribution < -0.4 is 0 Å². The van der Waals surface area contributed by atoms with Gasteiger partial charge in [0, 0.05) is 5.41 Å². The van der Waals surface area contributed by atoms with Crippen molar-refractivity contribution in [3.8, 4) is 55.6 Å². The summed E-state index contributed by atoms with van der Waals surface area (Å²) in [6, 6.07) is 66.0. The molecule has 0 atom stereocenters. The molecule has 264 valence electrons. The smallest absolute Gasteiger partial charge is 0.0159 e. The van der Waals surface area contributed by atoms with Crippen molar-refractivity contribution in [3.05, 3.63) is 193 Å². The highest BCUT2D eigenvalue weighted by molar-refractivity contribution is 6.22. The fraction of sp³-hybridized carbons (Fsp3) is 0.127. The van der Waals surface area contributed by atoms with Crippen LogP contribution >= 0.6 is 0 Å². The van der Waals surface area contributed by atoms with E-state index in [1.54, 1.807) is 0 Å². The summed E-state index contributed by atoms with van der Waals surface area (Å²) in [4.78, 5) is 0. The molecule has 0 spiro atoms. The molecule has 0 heteroatoms. The molecule has 0 radical (unpaired) electrons. The van der Waals surface area contributed by atoms with Crippen LogP contribution in [0.25, 0.3) is 88.0 Å². The molecule has 0 fully saturated rings. The van der Waals surface area contributed by atoms with Crippen LogP contribution in [0.2, 0.25) is 0 Å². The van der Waals surface area contributed by atoms with Gasteiger partial charge in [0.2, 0.25) is 0 Å². The Hall–Kier alpha value is -6.24. The minimum Gasteiger partial charge on any atom is -0.0616 e. The zero-order valence-corrected chi connectivity index (χ0v) is 32.2. The van der Waals surface area contributed by atoms with Crippen molar-refractivity contribution >= 4 is 32.3 Å². The largest absolute Gasteiger partial charge is 0.0616 e. The maximum absolute atomic E-state index is 2.49. The molecule has 10 rings (SSSR count). The molecule has 0 bridgehead atoms. The van der Waals surface area contributed by atoms with E-state index in [-0.39, 0.29) is 10.8 Å². The van der Waals surface area contributed by atoms with Crippen molar-refractivity contribution in [2.24, 2.45) is 0 Å². The number of rotatable bonds is 4. The van der Waals surface area contributed by atoms with Gasteiger partial charge in [-0.3, -0.25) is 0 Å². The van der Waals surface area contributed by atoms with Gasteiger partial charge in [-0.05, 0) is 128 Å². The predicted molar refractivity (Wildman–Crippen MR) is 237 cm³/mol. The van der Waals surface area contributed by atoms with Crippen molar-refractivity contribution in [1.29, 1.82) is 0 Å². The van der Waals surface area contributed by atoms with Gasteiger partial charge < -0.3 is 0 Å². The predicted octanol–water partition coefficient (Wildman–Crippen LogP) is 15.4. The van der Waals surface area contributed by atoms with Gasteiger partial charge in [0.25, 0.3) is 0 Å². The monoisotopic (exact) mass is 704 g/mol. The number of hydrogen-bond acceptors (Lipinski definition) is 0. The van der Waals surface area contributed by atoms with Gasteiger partial charge in [-0.1, -0.05) is 192 Å². The molecule has 0 unspecified atom stereocenters. The molecule has 0 heterocycles. The van der Waals surface area contributed by atoms with E-state index >= 15 is 0 Å². The zero-order valence-electron chi connectivity index (χ0n) is 32.2. The Morgan fingerprint density at radius 2 is 0.818 bits per heavy atom. The van der Waals surface area contributed by atoms with Crippen LogP contribution in [-0.4, -0.2) is 0 Å². The molecule has 0 amide bonds. The van der Waals surface area contributed by atoms with Gasteiger partial charge in [0.15, 0.2) is 0 Å². The molecule has 0 saturated carbocycles. The summed E-state index contributed by atoms with van der Waals surface area (Å²) < 4.78 is 0. The Labute approximate surface area is 324 Å². The van der Waals surface area contributed by atoms with Crippen LogP contribution in [0.15, 0.2) is 176 Å². The Morgan fingerprint density at radius 1 is 0.345 bits per heavy atom. The molecule has 55 heavy (non-hydrogen) atoms. The molecule has 1 aliphatic carbocycles. The van der Waals surface area contributed by atoms with E-state index in [9.17, 15) is 0 Å². The van der Waals surface area contributed by atoms with Gasteiger partial charge in [-0.2, -0.15) is 0 Å². The van der Waals surface area contributed by atoms with Crippen molar-refractivity contribution in [3.63, 3.8) is 0 Å². The Kier molecular flexibility index (Phi) is 7.52. The van der Waals surface area contributed by atoms with Crippen LogP contribution in [0, 0.1) is 0 Å². The summed E-state index contributed by atoms with van der Waals surface area (Å²) in [5.41, 5.74) is 16.9. The normalized spacial score (nSPS) is 13.3. The van der Waals surface area contributed by atoms with Crippen molar-refractivity contribution < 1.29 is 0 Å². The first-order valence-electron chi connectivity index (χ1n) is 19.6. The summed E-state index contributed by atoms with van der Waals surface area (Å²) in [7, 11) is 0. The summed E-state index contributed by atoms with van der Waals surface area (Å²) in [5.74, 6) is 0. The average Bonchev–Trinajstić information content (AvgIpc) is 3.44. The lowest BCUT2D eigenvalue weighted by Crippen LogP contribution is -2.15. The molecular formula is C55H44. The third-order valence-electron chi connectivity index (χ3n) is 12.2. The topological polar surface area (TPSA) is 0 Å². The van der Waals surface area contributed by atoms with E-state index in [1.807, 2.05) is 0 Å². The molecule has 1 aliphatic rings. The lowest BCUT2D eigenvalue weighted by atomic mass is 9.79. The Morgan fingerprint density at radius 3 is 1.44 bits per heavy atom. The number of benzene rings is 9. The van der Waals surface area contributed by atoms with Crippen LogP contribution in [-0.2, 0) is 10.8 Å². The van der Waals surface area contributed by atoms with Crippen LogP contribution in [0.4, 0.5) is 0 Å². The van der Waals surface area contributed by atoms with Crippen molar-refractivity contribution in [2.75, 3.05) is 0 Å². The highest BCUT2D eigenvalue weighted by Crippen LogP contribution is 2.52. The first-order valence-corrected chi connectivity index (χ1v) is 19.6. The summed E-state index contributed by atoms with van der Waals surface area (Å²) in [5, 5.41) is 7.62. The third-order valence-corrected chi connectivity index (χ3v) is 12.2. The van der Waals surface area contributed by atoms with E-state index < -0.39 is 0 Å². The zero-order chi connectivity index (χ0) is 37.5. The number of hydrogen-bond donors (Lipinski definition) is 0. The fourth-order valence-corrected chi connectivity index (χ4v) is 9.27. The first-order chi connectivity index (χ1) is 26.7. The quantitative estimate of drug-likeness (QED) is 0.160. The Balaban J connectivity index is 1.13. The maximum Gasteiger partial charge on any atom is 0.0159 e. The minimum atomic E-state index is -0.146. The first kappa shape index (κ1) is 33.3. The van der Waals surface area contributed by atoms with E-state index in [4.69, 9.17) is 0 Å². The van der Waals surface area contributed by atoms with E-state index in [1.165, 1.54) is 105 Å². The van der Waals surface area contributed by atoms with Gasteiger partial charge in [0.1, 0.15) is 0 Å². The summed E-state index contributed by atoms with van der Waals surface area (Å²) >= 11 is 0. The molecule has 0 nitrogen and oxygen atoms in total. The van der Waals surface area contributed by atoms with Crippen molar-refractivity contribution in [1.82, 2.24) is 0 Å². The van der Waals surface area contributed by atoms with Gasteiger partial charge in [0.05, 0.1) is 0 Å². The van der Waals surface area contributed by atoms with E-state index in [2.05, 4.69) is 211 Å². The molecule has 9 aromatic carbocycles. The van der Waals surface area contributed by atoms with Gasteiger partial charge in [-0.15, -0.1) is 0 Å². The average molecular weight is 705 g/mol. The molecule has 9 aromatic rings. The maximum atomic E-state index is 2.49. The lowest BCUT2D eigenvalue weighted by Gasteiger charge is -2.24. The second kappa shape index (κ2) is 12.4. The van der Waals surface area contributed by atoms with E-state index in [0.717, 1.165) is 0 Å². The third kappa shape index (κ3) is 5.35. The molecule has 0 aromatic heterocycles. The molecule has 0 aliphatic heterocycles. The second-order valence-electron chi connectivity index (χ2n) is 16.9. The second-order valence-corrected chi connectivity index (χ2v) is 16.9. The fourth-order valence-electron chi connectivity index (χ4n) is 9.27. The molecule has 0 saturated heterocycles. The molecule has 0 N–H and O–H groups in total. The molecular weight excluding hydrogens is 661 g/mol. The summed E-state index contributed by atoms with van der Waals surface area (Å²) in [6.07, 6.45) is 0. The highest BCUT2D eigenvalue weighted by Gasteiger charge is 2.36. The van der Waals surface area contributed by atoms with Gasteiger partial charge in [-0.25, -0.2) is 0 Å². The van der Waals surface area contributed by atoms with Gasteiger partial charge >= 0.3 is 0 Å². The number of fused-ring (bicyclic) bond motifs is 6. The lowest BCUT2D eigenvalue weighted by molar-refractivity contribution is 0.590. The Bertz CT molecular complexity index is 2910. The minimum absolute atomic E-state index is 0.136. The standard InChI is InChI=1S/C55H44/c1-54(2,3)41-28-24-36(25-29-41)38-26-30-43-44-31-27-40(34-51(44)55(4,5)50(43)33-38)52-46-18-10-12-20-48(46)53(49-21-13-11-19-47(49)52)45-17-9-8-16-42(45)39-23-22-35-14-6-7-15-37(35)32-39/h6-34H,1-5H3. The van der Waals surface area contributed by atoms with Crippen LogP contribution in [0.3, 0.4) is 0 Å². The van der Waals surface area contributed by atoms with Crippen LogP contribution in [0.5, 0.6) is 0 Å².